The van der Waals surface area contributed by atoms with Crippen molar-refractivity contribution in [2.24, 2.45) is 0 Å². The third kappa shape index (κ3) is 2.35. The molecule has 1 heterocycles. The van der Waals surface area contributed by atoms with Crippen molar-refractivity contribution in [3.63, 3.8) is 0 Å². The molecular formula is C11H8F3N3. The second-order valence-electron chi connectivity index (χ2n) is 3.39. The third-order valence-corrected chi connectivity index (χ3v) is 2.22. The van der Waals surface area contributed by atoms with Gasteiger partial charge in [-0.05, 0) is 18.2 Å². The molecule has 1 aromatic carbocycles. The van der Waals surface area contributed by atoms with Crippen LogP contribution in [0.1, 0.15) is 5.56 Å². The molecule has 0 amide bonds. The average molecular weight is 239 g/mol. The van der Waals surface area contributed by atoms with Crippen LogP contribution >= 0.6 is 0 Å². The Bertz CT molecular complexity index is 523. The first-order chi connectivity index (χ1) is 7.98. The van der Waals surface area contributed by atoms with Gasteiger partial charge in [0.1, 0.15) is 0 Å². The van der Waals surface area contributed by atoms with Gasteiger partial charge in [0.05, 0.1) is 17.5 Å². The van der Waals surface area contributed by atoms with Gasteiger partial charge in [0.25, 0.3) is 0 Å². The largest absolute Gasteiger partial charge is 0.416 e. The Morgan fingerprint density at radius 3 is 2.47 bits per heavy atom. The number of aromatic nitrogens is 2. The Morgan fingerprint density at radius 2 is 1.88 bits per heavy atom. The molecule has 0 unspecified atom stereocenters. The number of nitrogens with two attached hydrogens (primary N) is 1. The molecule has 17 heavy (non-hydrogen) atoms. The van der Waals surface area contributed by atoms with E-state index in [4.69, 9.17) is 5.73 Å². The van der Waals surface area contributed by atoms with Gasteiger partial charge in [-0.15, -0.1) is 0 Å². The first-order valence-electron chi connectivity index (χ1n) is 4.71. The van der Waals surface area contributed by atoms with E-state index >= 15 is 0 Å². The minimum absolute atomic E-state index is 0.230. The number of alkyl halides is 3. The quantitative estimate of drug-likeness (QED) is 0.778. The molecule has 2 aromatic rings. The summed E-state index contributed by atoms with van der Waals surface area (Å²) in [6.45, 7) is 0. The number of rotatable bonds is 1. The Morgan fingerprint density at radius 1 is 1.12 bits per heavy atom. The van der Waals surface area contributed by atoms with E-state index < -0.39 is 11.7 Å². The molecule has 0 saturated heterocycles. The zero-order valence-electron chi connectivity index (χ0n) is 8.57. The highest BCUT2D eigenvalue weighted by Gasteiger charge is 2.31. The van der Waals surface area contributed by atoms with Crippen LogP contribution in [-0.4, -0.2) is 9.97 Å². The van der Waals surface area contributed by atoms with E-state index in [1.54, 1.807) is 0 Å². The van der Waals surface area contributed by atoms with Gasteiger partial charge in [-0.1, -0.05) is 0 Å². The van der Waals surface area contributed by atoms with Gasteiger partial charge in [0.15, 0.2) is 0 Å². The second-order valence-corrected chi connectivity index (χ2v) is 3.39. The minimum atomic E-state index is -4.40. The molecule has 0 aliphatic rings. The molecule has 0 aliphatic heterocycles. The van der Waals surface area contributed by atoms with Gasteiger partial charge in [-0.3, -0.25) is 9.97 Å². The summed E-state index contributed by atoms with van der Waals surface area (Å²) in [4.78, 5) is 7.72. The summed E-state index contributed by atoms with van der Waals surface area (Å²) in [6.07, 6.45) is -0.196. The molecule has 1 aromatic heterocycles. The molecule has 0 aliphatic carbocycles. The van der Waals surface area contributed by atoms with Crippen molar-refractivity contribution in [3.8, 4) is 11.3 Å². The van der Waals surface area contributed by atoms with Crippen molar-refractivity contribution in [1.29, 1.82) is 0 Å². The van der Waals surface area contributed by atoms with Gasteiger partial charge >= 0.3 is 6.18 Å². The number of halogens is 3. The van der Waals surface area contributed by atoms with Crippen LogP contribution in [-0.2, 0) is 6.18 Å². The molecule has 2 N–H and O–H groups in total. The number of anilines is 1. The summed E-state index contributed by atoms with van der Waals surface area (Å²) in [5.41, 5.74) is 5.65. The van der Waals surface area contributed by atoms with Crippen LogP contribution in [0.5, 0.6) is 0 Å². The lowest BCUT2D eigenvalue weighted by Crippen LogP contribution is -2.06. The summed E-state index contributed by atoms with van der Waals surface area (Å²) in [5.74, 6) is 0. The van der Waals surface area contributed by atoms with Crippen molar-refractivity contribution in [2.45, 2.75) is 6.18 Å². The number of nitrogens with zero attached hydrogens (tertiary/aromatic N) is 2. The van der Waals surface area contributed by atoms with E-state index in [9.17, 15) is 13.2 Å². The standard InChI is InChI=1S/C11H8F3N3/c12-11(13,14)7-1-2-9(15)8(5-7)10-6-16-3-4-17-10/h1-6H,15H2. The van der Waals surface area contributed by atoms with Gasteiger partial charge in [0, 0.05) is 23.6 Å². The third-order valence-electron chi connectivity index (χ3n) is 2.22. The molecule has 88 valence electrons. The molecule has 3 nitrogen and oxygen atoms in total. The average Bonchev–Trinajstić information content (AvgIpc) is 2.29. The lowest BCUT2D eigenvalue weighted by Gasteiger charge is -2.10. The van der Waals surface area contributed by atoms with Gasteiger partial charge in [0.2, 0.25) is 0 Å². The highest BCUT2D eigenvalue weighted by molar-refractivity contribution is 5.74. The van der Waals surface area contributed by atoms with Crippen molar-refractivity contribution in [3.05, 3.63) is 42.4 Å². The monoisotopic (exact) mass is 239 g/mol. The number of hydrogen-bond acceptors (Lipinski definition) is 3. The fraction of sp³-hybridized carbons (Fsp3) is 0.0909. The van der Waals surface area contributed by atoms with E-state index in [-0.39, 0.29) is 11.3 Å². The van der Waals surface area contributed by atoms with Crippen molar-refractivity contribution >= 4 is 5.69 Å². The maximum absolute atomic E-state index is 12.5. The van der Waals surface area contributed by atoms with Crippen LogP contribution in [0, 0.1) is 0 Å². The van der Waals surface area contributed by atoms with E-state index in [1.807, 2.05) is 0 Å². The zero-order chi connectivity index (χ0) is 12.5. The molecule has 0 radical (unpaired) electrons. The first-order valence-corrected chi connectivity index (χ1v) is 4.71. The fourth-order valence-electron chi connectivity index (χ4n) is 1.39. The molecule has 0 saturated carbocycles. The molecule has 6 heteroatoms. The minimum Gasteiger partial charge on any atom is -0.398 e. The summed E-state index contributed by atoms with van der Waals surface area (Å²) < 4.78 is 37.6. The summed E-state index contributed by atoms with van der Waals surface area (Å²) in [5, 5.41) is 0. The molecule has 2 rings (SSSR count). The van der Waals surface area contributed by atoms with E-state index in [1.165, 1.54) is 24.7 Å². The maximum Gasteiger partial charge on any atom is 0.416 e. The van der Waals surface area contributed by atoms with Gasteiger partial charge in [-0.25, -0.2) is 0 Å². The lowest BCUT2D eigenvalue weighted by atomic mass is 10.1. The molecule has 0 atom stereocenters. The zero-order valence-corrected chi connectivity index (χ0v) is 8.57. The number of benzene rings is 1. The van der Waals surface area contributed by atoms with E-state index in [2.05, 4.69) is 9.97 Å². The highest BCUT2D eigenvalue weighted by Crippen LogP contribution is 2.34. The Hall–Kier alpha value is -2.11. The highest BCUT2D eigenvalue weighted by atomic mass is 19.4. The van der Waals surface area contributed by atoms with Crippen LogP contribution in [0.15, 0.2) is 36.8 Å². The number of nitrogen functional groups attached to an aromatic ring is 1. The fourth-order valence-corrected chi connectivity index (χ4v) is 1.39. The van der Waals surface area contributed by atoms with E-state index in [0.717, 1.165) is 12.1 Å². The summed E-state index contributed by atoms with van der Waals surface area (Å²) in [6, 6.07) is 3.13. The van der Waals surface area contributed by atoms with E-state index in [0.29, 0.717) is 5.69 Å². The Balaban J connectivity index is 2.55. The van der Waals surface area contributed by atoms with Crippen molar-refractivity contribution in [2.75, 3.05) is 5.73 Å². The molecule has 0 spiro atoms. The van der Waals surface area contributed by atoms with Crippen LogP contribution in [0.25, 0.3) is 11.3 Å². The Kier molecular flexibility index (Phi) is 2.71. The van der Waals surface area contributed by atoms with Crippen LogP contribution in [0.3, 0.4) is 0 Å². The van der Waals surface area contributed by atoms with Crippen molar-refractivity contribution in [1.82, 2.24) is 9.97 Å². The summed E-state index contributed by atoms with van der Waals surface area (Å²) in [7, 11) is 0. The van der Waals surface area contributed by atoms with Gasteiger partial charge in [-0.2, -0.15) is 13.2 Å². The second kappa shape index (κ2) is 4.04. The SMILES string of the molecule is Nc1ccc(C(F)(F)F)cc1-c1cnccn1. The lowest BCUT2D eigenvalue weighted by molar-refractivity contribution is -0.137. The summed E-state index contributed by atoms with van der Waals surface area (Å²) >= 11 is 0. The molecular weight excluding hydrogens is 231 g/mol. The van der Waals surface area contributed by atoms with Gasteiger partial charge < -0.3 is 5.73 Å². The molecule has 0 bridgehead atoms. The predicted molar refractivity (Wildman–Crippen MR) is 56.9 cm³/mol. The predicted octanol–water partition coefficient (Wildman–Crippen LogP) is 2.74. The Labute approximate surface area is 95.1 Å². The number of hydrogen-bond donors (Lipinski definition) is 1. The smallest absolute Gasteiger partial charge is 0.398 e. The first kappa shape index (κ1) is 11.4. The van der Waals surface area contributed by atoms with Crippen LogP contribution in [0.4, 0.5) is 18.9 Å². The van der Waals surface area contributed by atoms with Crippen LogP contribution in [0.2, 0.25) is 0 Å². The van der Waals surface area contributed by atoms with Crippen molar-refractivity contribution < 1.29 is 13.2 Å². The van der Waals surface area contributed by atoms with Crippen LogP contribution < -0.4 is 5.73 Å². The normalized spacial score (nSPS) is 11.5. The topological polar surface area (TPSA) is 51.8 Å². The maximum atomic E-state index is 12.5. The molecule has 0 fully saturated rings.